The molecule has 0 aromatic heterocycles. The molecule has 100 valence electrons. The molecule has 2 aromatic carbocycles. The fourth-order valence-electron chi connectivity index (χ4n) is 1.66. The number of benzene rings is 2. The minimum Gasteiger partial charge on any atom is -0.278 e. The number of hydrogen-bond acceptors (Lipinski definition) is 3. The van der Waals surface area contributed by atoms with Crippen molar-refractivity contribution in [1.82, 2.24) is 0 Å². The largest absolute Gasteiger partial charge is 0.278 e. The molecular formula is C16H14ClN3. The van der Waals surface area contributed by atoms with Gasteiger partial charge in [0.15, 0.2) is 0 Å². The lowest BCUT2D eigenvalue weighted by molar-refractivity contribution is 1.31. The van der Waals surface area contributed by atoms with E-state index in [0.29, 0.717) is 10.6 Å². The molecule has 0 heterocycles. The molecule has 1 N–H and O–H groups in total. The van der Waals surface area contributed by atoms with Gasteiger partial charge in [0.1, 0.15) is 0 Å². The van der Waals surface area contributed by atoms with E-state index in [4.69, 9.17) is 16.9 Å². The lowest BCUT2D eigenvalue weighted by Crippen LogP contribution is -1.99. The molecule has 0 atom stereocenters. The van der Waals surface area contributed by atoms with Crippen LogP contribution in [0.5, 0.6) is 0 Å². The van der Waals surface area contributed by atoms with Crippen molar-refractivity contribution in [2.24, 2.45) is 5.10 Å². The molecule has 0 fully saturated rings. The number of hydrogen-bond donors (Lipinski definition) is 1. The highest BCUT2D eigenvalue weighted by molar-refractivity contribution is 6.31. The molecule has 0 aliphatic heterocycles. The van der Waals surface area contributed by atoms with Crippen molar-refractivity contribution < 1.29 is 0 Å². The van der Waals surface area contributed by atoms with E-state index in [1.54, 1.807) is 12.1 Å². The average Bonchev–Trinajstić information content (AvgIpc) is 2.48. The van der Waals surface area contributed by atoms with Crippen molar-refractivity contribution in [3.05, 3.63) is 64.2 Å². The summed E-state index contributed by atoms with van der Waals surface area (Å²) in [6, 6.07) is 15.1. The van der Waals surface area contributed by atoms with Crippen molar-refractivity contribution >= 4 is 23.0 Å². The molecule has 0 amide bonds. The Bertz CT molecular complexity index is 682. The molecule has 0 saturated carbocycles. The Kier molecular flexibility index (Phi) is 4.39. The zero-order valence-electron chi connectivity index (χ0n) is 11.3. The van der Waals surface area contributed by atoms with Gasteiger partial charge in [0.25, 0.3) is 0 Å². The first-order valence-corrected chi connectivity index (χ1v) is 6.55. The molecule has 20 heavy (non-hydrogen) atoms. The number of anilines is 1. The van der Waals surface area contributed by atoms with Crippen LogP contribution >= 0.6 is 11.6 Å². The summed E-state index contributed by atoms with van der Waals surface area (Å²) >= 11 is 6.06. The topological polar surface area (TPSA) is 48.2 Å². The zero-order chi connectivity index (χ0) is 14.5. The van der Waals surface area contributed by atoms with Crippen LogP contribution in [0.2, 0.25) is 5.02 Å². The first-order valence-electron chi connectivity index (χ1n) is 6.17. The first kappa shape index (κ1) is 14.1. The predicted molar refractivity (Wildman–Crippen MR) is 83.2 cm³/mol. The zero-order valence-corrected chi connectivity index (χ0v) is 12.1. The van der Waals surface area contributed by atoms with Crippen LogP contribution in [-0.2, 0) is 0 Å². The number of aryl methyl sites for hydroxylation is 1. The summed E-state index contributed by atoms with van der Waals surface area (Å²) in [6.45, 7) is 3.86. The lowest BCUT2D eigenvalue weighted by Gasteiger charge is -2.05. The minimum atomic E-state index is 0.639. The van der Waals surface area contributed by atoms with Crippen LogP contribution in [0.3, 0.4) is 0 Å². The van der Waals surface area contributed by atoms with E-state index in [0.717, 1.165) is 22.5 Å². The Hall–Kier alpha value is -2.31. The second-order valence-corrected chi connectivity index (χ2v) is 4.87. The summed E-state index contributed by atoms with van der Waals surface area (Å²) in [4.78, 5) is 0. The van der Waals surface area contributed by atoms with Gasteiger partial charge in [-0.25, -0.2) is 0 Å². The number of nitrogens with zero attached hydrogens (tertiary/aromatic N) is 2. The highest BCUT2D eigenvalue weighted by Gasteiger charge is 1.99. The molecule has 2 aromatic rings. The molecule has 0 spiro atoms. The summed E-state index contributed by atoms with van der Waals surface area (Å²) in [5, 5.41) is 13.8. The van der Waals surface area contributed by atoms with E-state index in [1.165, 1.54) is 0 Å². The lowest BCUT2D eigenvalue weighted by atomic mass is 10.1. The van der Waals surface area contributed by atoms with Gasteiger partial charge in [-0.15, -0.1) is 0 Å². The summed E-state index contributed by atoms with van der Waals surface area (Å²) in [6.07, 6.45) is 0. The van der Waals surface area contributed by atoms with Crippen molar-refractivity contribution in [2.45, 2.75) is 13.8 Å². The molecule has 0 aliphatic rings. The summed E-state index contributed by atoms with van der Waals surface area (Å²) in [5.41, 5.74) is 7.30. The minimum absolute atomic E-state index is 0.639. The molecule has 0 unspecified atom stereocenters. The first-order chi connectivity index (χ1) is 9.60. The third-order valence-electron chi connectivity index (χ3n) is 2.96. The van der Waals surface area contributed by atoms with Crippen molar-refractivity contribution in [3.8, 4) is 6.07 Å². The Morgan fingerprint density at radius 2 is 1.90 bits per heavy atom. The highest BCUT2D eigenvalue weighted by atomic mass is 35.5. The third kappa shape index (κ3) is 3.37. The third-order valence-corrected chi connectivity index (χ3v) is 3.36. The summed E-state index contributed by atoms with van der Waals surface area (Å²) in [7, 11) is 0. The maximum atomic E-state index is 8.76. The maximum Gasteiger partial charge on any atom is 0.0991 e. The van der Waals surface area contributed by atoms with Gasteiger partial charge < -0.3 is 0 Å². The van der Waals surface area contributed by atoms with Gasteiger partial charge in [0.05, 0.1) is 23.0 Å². The van der Waals surface area contributed by atoms with Crippen LogP contribution in [0.25, 0.3) is 0 Å². The van der Waals surface area contributed by atoms with Crippen LogP contribution in [0.15, 0.2) is 47.6 Å². The van der Waals surface area contributed by atoms with Crippen LogP contribution in [0, 0.1) is 18.3 Å². The highest BCUT2D eigenvalue weighted by Crippen LogP contribution is 2.20. The molecule has 2 rings (SSSR count). The number of rotatable bonds is 3. The SMILES string of the molecule is CC(=NNc1ccc(C)c(Cl)c1)c1ccc(C#N)cc1. The Labute approximate surface area is 123 Å². The predicted octanol–water partition coefficient (Wildman–Crippen LogP) is 4.36. The maximum absolute atomic E-state index is 8.76. The van der Waals surface area contributed by atoms with Crippen molar-refractivity contribution in [3.63, 3.8) is 0 Å². The molecule has 4 heteroatoms. The van der Waals surface area contributed by atoms with Crippen molar-refractivity contribution in [2.75, 3.05) is 5.43 Å². The fourth-order valence-corrected chi connectivity index (χ4v) is 1.84. The monoisotopic (exact) mass is 283 g/mol. The van der Waals surface area contributed by atoms with E-state index >= 15 is 0 Å². The number of halogens is 1. The smallest absolute Gasteiger partial charge is 0.0991 e. The molecule has 0 saturated heterocycles. The van der Waals surface area contributed by atoms with Crippen LogP contribution in [0.1, 0.15) is 23.6 Å². The summed E-state index contributed by atoms with van der Waals surface area (Å²) < 4.78 is 0. The molecular weight excluding hydrogens is 270 g/mol. The van der Waals surface area contributed by atoms with Crippen LogP contribution in [0.4, 0.5) is 5.69 Å². The molecule has 0 radical (unpaired) electrons. The van der Waals surface area contributed by atoms with Gasteiger partial charge in [0, 0.05) is 5.02 Å². The van der Waals surface area contributed by atoms with Gasteiger partial charge in [0.2, 0.25) is 0 Å². The van der Waals surface area contributed by atoms with Gasteiger partial charge in [-0.2, -0.15) is 10.4 Å². The Balaban J connectivity index is 2.13. The second kappa shape index (κ2) is 6.23. The summed E-state index contributed by atoms with van der Waals surface area (Å²) in [5.74, 6) is 0. The number of nitrogens with one attached hydrogen (secondary N) is 1. The fraction of sp³-hybridized carbons (Fsp3) is 0.125. The Morgan fingerprint density at radius 3 is 2.50 bits per heavy atom. The van der Waals surface area contributed by atoms with Gasteiger partial charge >= 0.3 is 0 Å². The molecule has 3 nitrogen and oxygen atoms in total. The van der Waals surface area contributed by atoms with E-state index in [9.17, 15) is 0 Å². The van der Waals surface area contributed by atoms with Crippen LogP contribution < -0.4 is 5.43 Å². The second-order valence-electron chi connectivity index (χ2n) is 4.46. The molecule has 0 bridgehead atoms. The van der Waals surface area contributed by atoms with Crippen LogP contribution in [-0.4, -0.2) is 5.71 Å². The normalized spacial score (nSPS) is 11.0. The van der Waals surface area contributed by atoms with Gasteiger partial charge in [-0.1, -0.05) is 29.8 Å². The van der Waals surface area contributed by atoms with E-state index in [-0.39, 0.29) is 0 Å². The number of nitriles is 1. The number of hydrazone groups is 1. The van der Waals surface area contributed by atoms with E-state index in [1.807, 2.05) is 44.2 Å². The van der Waals surface area contributed by atoms with Gasteiger partial charge in [-0.3, -0.25) is 5.43 Å². The average molecular weight is 284 g/mol. The quantitative estimate of drug-likeness (QED) is 0.672. The van der Waals surface area contributed by atoms with Crippen molar-refractivity contribution in [1.29, 1.82) is 5.26 Å². The standard InChI is InChI=1S/C16H14ClN3/c1-11-3-8-15(9-16(11)17)20-19-12(2)14-6-4-13(10-18)5-7-14/h3-9,20H,1-2H3. The van der Waals surface area contributed by atoms with E-state index in [2.05, 4.69) is 16.6 Å². The van der Waals surface area contributed by atoms with E-state index < -0.39 is 0 Å². The molecule has 0 aliphatic carbocycles. The Morgan fingerprint density at radius 1 is 1.20 bits per heavy atom. The van der Waals surface area contributed by atoms with Gasteiger partial charge in [-0.05, 0) is 49.2 Å².